The van der Waals surface area contributed by atoms with Crippen molar-refractivity contribution in [2.45, 2.75) is 20.4 Å². The normalized spacial score (nSPS) is 13.6. The first kappa shape index (κ1) is 13.1. The van der Waals surface area contributed by atoms with Gasteiger partial charge < -0.3 is 0 Å². The SMILES string of the molecule is Cc1cc(C)[n+]2c(n1)NCC2.[O-][Cl+3]([O-])([O-])[O-]. The molecule has 0 aromatic carbocycles. The molecule has 0 radical (unpaired) electrons. The van der Waals surface area contributed by atoms with Crippen molar-refractivity contribution < 1.29 is 33.4 Å². The first-order valence-corrected chi connectivity index (χ1v) is 5.74. The lowest BCUT2D eigenvalue weighted by Crippen LogP contribution is -2.68. The van der Waals surface area contributed by atoms with E-state index in [0.717, 1.165) is 24.7 Å². The summed E-state index contributed by atoms with van der Waals surface area (Å²) in [6.07, 6.45) is 0. The molecule has 16 heavy (non-hydrogen) atoms. The fourth-order valence-electron chi connectivity index (χ4n) is 1.50. The van der Waals surface area contributed by atoms with Crippen LogP contribution in [0.2, 0.25) is 0 Å². The van der Waals surface area contributed by atoms with Gasteiger partial charge in [0.1, 0.15) is 12.2 Å². The topological polar surface area (TPSA) is 121 Å². The van der Waals surface area contributed by atoms with Crippen LogP contribution in [-0.2, 0) is 6.54 Å². The highest BCUT2D eigenvalue weighted by molar-refractivity contribution is 5.22. The van der Waals surface area contributed by atoms with Crippen LogP contribution in [0, 0.1) is 24.1 Å². The Bertz CT molecular complexity index is 374. The van der Waals surface area contributed by atoms with E-state index >= 15 is 0 Å². The summed E-state index contributed by atoms with van der Waals surface area (Å²) >= 11 is 0. The highest BCUT2D eigenvalue weighted by Gasteiger charge is 2.20. The Balaban J connectivity index is 0.000000221. The van der Waals surface area contributed by atoms with Gasteiger partial charge in [0.25, 0.3) is 0 Å². The van der Waals surface area contributed by atoms with E-state index in [2.05, 4.69) is 27.9 Å². The molecule has 7 nitrogen and oxygen atoms in total. The van der Waals surface area contributed by atoms with Crippen LogP contribution in [0.25, 0.3) is 0 Å². The molecule has 2 rings (SSSR count). The maximum Gasteiger partial charge on any atom is 0.392 e. The molecule has 1 aliphatic heterocycles. The molecular weight excluding hydrogens is 238 g/mol. The minimum absolute atomic E-state index is 1.01. The van der Waals surface area contributed by atoms with Gasteiger partial charge >= 0.3 is 5.95 Å². The monoisotopic (exact) mass is 249 g/mol. The molecular formula is C8H12ClN3O4. The maximum absolute atomic E-state index is 8.49. The van der Waals surface area contributed by atoms with Crippen molar-refractivity contribution in [2.24, 2.45) is 0 Å². The van der Waals surface area contributed by atoms with E-state index in [9.17, 15) is 0 Å². The number of nitrogens with one attached hydrogen (secondary N) is 1. The first-order chi connectivity index (χ1) is 7.27. The summed E-state index contributed by atoms with van der Waals surface area (Å²) in [5.74, 6) is 1.02. The molecule has 1 aromatic heterocycles. The lowest BCUT2D eigenvalue weighted by atomic mass is 10.3. The zero-order valence-electron chi connectivity index (χ0n) is 8.90. The van der Waals surface area contributed by atoms with Crippen LogP contribution >= 0.6 is 0 Å². The third-order valence-electron chi connectivity index (χ3n) is 2.00. The molecule has 0 saturated carbocycles. The van der Waals surface area contributed by atoms with Gasteiger partial charge in [-0.25, -0.2) is 23.2 Å². The van der Waals surface area contributed by atoms with Crippen LogP contribution in [0.4, 0.5) is 5.95 Å². The summed E-state index contributed by atoms with van der Waals surface area (Å²) in [5.41, 5.74) is 2.38. The summed E-state index contributed by atoms with van der Waals surface area (Å²) in [6, 6.07) is 2.11. The number of anilines is 1. The summed E-state index contributed by atoms with van der Waals surface area (Å²) in [4.78, 5) is 4.37. The Morgan fingerprint density at radius 2 is 1.88 bits per heavy atom. The van der Waals surface area contributed by atoms with Gasteiger partial charge in [-0.1, -0.05) is 4.98 Å². The predicted molar refractivity (Wildman–Crippen MR) is 42.4 cm³/mol. The van der Waals surface area contributed by atoms with Crippen molar-refractivity contribution in [1.82, 2.24) is 4.98 Å². The van der Waals surface area contributed by atoms with Crippen LogP contribution in [0.1, 0.15) is 11.4 Å². The number of aryl methyl sites for hydroxylation is 2. The summed E-state index contributed by atoms with van der Waals surface area (Å²) in [6.45, 7) is 6.20. The van der Waals surface area contributed by atoms with Gasteiger partial charge in [-0.2, -0.15) is 0 Å². The standard InChI is InChI=1S/C8H11N3.ClHO4/c1-6-5-7(2)11-4-3-9-8(11)10-6;2-1(3,4)5/h5H,3-4H2,1-2H3;(H,2,3,4,5). The van der Waals surface area contributed by atoms with Gasteiger partial charge in [-0.3, -0.25) is 5.32 Å². The predicted octanol–water partition coefficient (Wildman–Crippen LogP) is -4.34. The van der Waals surface area contributed by atoms with Gasteiger partial charge in [0, 0.05) is 6.07 Å². The molecule has 1 N–H and O–H groups in total. The van der Waals surface area contributed by atoms with E-state index in [1.165, 1.54) is 5.69 Å². The van der Waals surface area contributed by atoms with Crippen molar-refractivity contribution in [3.8, 4) is 0 Å². The van der Waals surface area contributed by atoms with Crippen molar-refractivity contribution in [2.75, 3.05) is 11.9 Å². The number of nitrogens with zero attached hydrogens (tertiary/aromatic N) is 2. The van der Waals surface area contributed by atoms with E-state index < -0.39 is 10.2 Å². The minimum atomic E-state index is -4.94. The lowest BCUT2D eigenvalue weighted by Gasteiger charge is -2.17. The van der Waals surface area contributed by atoms with Crippen molar-refractivity contribution in [3.63, 3.8) is 0 Å². The van der Waals surface area contributed by atoms with Gasteiger partial charge in [-0.15, -0.1) is 10.2 Å². The summed E-state index contributed by atoms with van der Waals surface area (Å²) in [5, 5.41) is 3.23. The molecule has 90 valence electrons. The lowest BCUT2D eigenvalue weighted by molar-refractivity contribution is -2.00. The molecule has 0 atom stereocenters. The van der Waals surface area contributed by atoms with Gasteiger partial charge in [-0.05, 0) is 13.8 Å². The zero-order valence-corrected chi connectivity index (χ0v) is 9.65. The molecule has 1 aromatic rings. The fourth-order valence-corrected chi connectivity index (χ4v) is 1.50. The summed E-state index contributed by atoms with van der Waals surface area (Å²) < 4.78 is 36.2. The average Bonchev–Trinajstić information content (AvgIpc) is 2.47. The Kier molecular flexibility index (Phi) is 4.00. The third-order valence-corrected chi connectivity index (χ3v) is 2.00. The largest absolute Gasteiger partial charge is 0.392 e. The van der Waals surface area contributed by atoms with Crippen LogP contribution in [-0.4, -0.2) is 11.5 Å². The molecule has 0 unspecified atom stereocenters. The maximum atomic E-state index is 8.49. The first-order valence-electron chi connectivity index (χ1n) is 4.51. The van der Waals surface area contributed by atoms with E-state index in [0.29, 0.717) is 0 Å². The number of halogens is 1. The average molecular weight is 250 g/mol. The second-order valence-electron chi connectivity index (χ2n) is 3.32. The Morgan fingerprint density at radius 1 is 1.31 bits per heavy atom. The van der Waals surface area contributed by atoms with E-state index in [1.54, 1.807) is 0 Å². The Morgan fingerprint density at radius 3 is 2.44 bits per heavy atom. The molecule has 0 saturated heterocycles. The second-order valence-corrected chi connectivity index (χ2v) is 4.07. The van der Waals surface area contributed by atoms with Crippen LogP contribution in [0.3, 0.4) is 0 Å². The smallest absolute Gasteiger partial charge is 0.271 e. The molecule has 1 aliphatic rings. The zero-order chi connectivity index (χ0) is 12.3. The van der Waals surface area contributed by atoms with Crippen LogP contribution < -0.4 is 28.5 Å². The van der Waals surface area contributed by atoms with Crippen molar-refractivity contribution in [3.05, 3.63) is 17.5 Å². The molecule has 0 amide bonds. The molecule has 0 aliphatic carbocycles. The van der Waals surface area contributed by atoms with Crippen LogP contribution in [0.15, 0.2) is 6.07 Å². The number of hydrogen-bond donors (Lipinski definition) is 1. The Labute approximate surface area is 94.7 Å². The highest BCUT2D eigenvalue weighted by atomic mass is 35.7. The van der Waals surface area contributed by atoms with Crippen molar-refractivity contribution >= 4 is 5.95 Å². The van der Waals surface area contributed by atoms with Crippen LogP contribution in [0.5, 0.6) is 0 Å². The quantitative estimate of drug-likeness (QED) is 0.464. The number of aromatic nitrogens is 2. The second kappa shape index (κ2) is 4.89. The molecule has 2 heterocycles. The fraction of sp³-hybridized carbons (Fsp3) is 0.500. The molecule has 0 spiro atoms. The number of hydrogen-bond acceptors (Lipinski definition) is 6. The molecule has 8 heteroatoms. The van der Waals surface area contributed by atoms with Crippen molar-refractivity contribution in [1.29, 1.82) is 0 Å². The minimum Gasteiger partial charge on any atom is -0.271 e. The third kappa shape index (κ3) is 4.25. The molecule has 0 fully saturated rings. The molecule has 0 bridgehead atoms. The van der Waals surface area contributed by atoms with E-state index in [4.69, 9.17) is 18.6 Å². The van der Waals surface area contributed by atoms with E-state index in [-0.39, 0.29) is 0 Å². The van der Waals surface area contributed by atoms with Gasteiger partial charge in [0.15, 0.2) is 0 Å². The Hall–Kier alpha value is -0.990. The highest BCUT2D eigenvalue weighted by Crippen LogP contribution is 2.05. The van der Waals surface area contributed by atoms with Gasteiger partial charge in [0.2, 0.25) is 0 Å². The summed E-state index contributed by atoms with van der Waals surface area (Å²) in [7, 11) is -4.94. The number of fused-ring (bicyclic) bond motifs is 1. The number of rotatable bonds is 0. The van der Waals surface area contributed by atoms with Gasteiger partial charge in [0.05, 0.1) is 12.2 Å². The van der Waals surface area contributed by atoms with E-state index in [1.807, 2.05) is 6.92 Å².